The van der Waals surface area contributed by atoms with Gasteiger partial charge in [-0.3, -0.25) is 13.9 Å². The SMILES string of the molecule is O=C(CN(c1cccc(Cl)c1Cl)S(=O)(=O)c1ccccc1)N/N=C\c1ccc(OCC(=O)Nc2ccccc2)cc1. The van der Waals surface area contributed by atoms with E-state index in [4.69, 9.17) is 27.9 Å². The summed E-state index contributed by atoms with van der Waals surface area (Å²) in [5.41, 5.74) is 3.68. The average Bonchev–Trinajstić information content (AvgIpc) is 2.98. The molecule has 2 N–H and O–H groups in total. The highest BCUT2D eigenvalue weighted by atomic mass is 35.5. The van der Waals surface area contributed by atoms with Crippen LogP contribution in [0.5, 0.6) is 5.75 Å². The van der Waals surface area contributed by atoms with Gasteiger partial charge in [-0.1, -0.05) is 65.7 Å². The lowest BCUT2D eigenvalue weighted by molar-refractivity contribution is -0.119. The van der Waals surface area contributed by atoms with Crippen molar-refractivity contribution in [3.05, 3.63) is 119 Å². The van der Waals surface area contributed by atoms with Crippen molar-refractivity contribution >= 4 is 62.6 Å². The highest BCUT2D eigenvalue weighted by Gasteiger charge is 2.29. The van der Waals surface area contributed by atoms with Gasteiger partial charge in [0.2, 0.25) is 0 Å². The predicted octanol–water partition coefficient (Wildman–Crippen LogP) is 5.36. The fraction of sp³-hybridized carbons (Fsp3) is 0.0690. The molecular weight excluding hydrogens is 587 g/mol. The van der Waals surface area contributed by atoms with Gasteiger partial charge in [-0.25, -0.2) is 13.8 Å². The number of nitrogens with zero attached hydrogens (tertiary/aromatic N) is 2. The number of sulfonamides is 1. The summed E-state index contributed by atoms with van der Waals surface area (Å²) in [5.74, 6) is -0.539. The summed E-state index contributed by atoms with van der Waals surface area (Å²) in [5, 5.41) is 6.78. The Morgan fingerprint density at radius 2 is 1.49 bits per heavy atom. The van der Waals surface area contributed by atoms with E-state index in [1.807, 2.05) is 18.2 Å². The largest absolute Gasteiger partial charge is 0.484 e. The zero-order valence-electron chi connectivity index (χ0n) is 21.4. The van der Waals surface area contributed by atoms with Crippen molar-refractivity contribution in [2.75, 3.05) is 22.8 Å². The topological polar surface area (TPSA) is 117 Å². The second-order valence-electron chi connectivity index (χ2n) is 8.46. The third kappa shape index (κ3) is 8.07. The smallest absolute Gasteiger partial charge is 0.264 e. The zero-order chi connectivity index (χ0) is 29.2. The van der Waals surface area contributed by atoms with Crippen LogP contribution in [0, 0.1) is 0 Å². The Labute approximate surface area is 247 Å². The Balaban J connectivity index is 1.37. The summed E-state index contributed by atoms with van der Waals surface area (Å²) in [4.78, 5) is 24.8. The van der Waals surface area contributed by atoms with E-state index in [0.29, 0.717) is 17.0 Å². The predicted molar refractivity (Wildman–Crippen MR) is 160 cm³/mol. The molecule has 0 unspecified atom stereocenters. The number of halogens is 2. The fourth-order valence-corrected chi connectivity index (χ4v) is 5.47. The molecule has 0 bridgehead atoms. The van der Waals surface area contributed by atoms with Gasteiger partial charge in [0, 0.05) is 5.69 Å². The molecule has 0 saturated carbocycles. The Morgan fingerprint density at radius 1 is 0.829 bits per heavy atom. The molecule has 9 nitrogen and oxygen atoms in total. The van der Waals surface area contributed by atoms with Gasteiger partial charge in [0.05, 0.1) is 26.8 Å². The van der Waals surface area contributed by atoms with Gasteiger partial charge in [-0.05, 0) is 66.2 Å². The van der Waals surface area contributed by atoms with Crippen molar-refractivity contribution in [3.8, 4) is 5.75 Å². The third-order valence-corrected chi connectivity index (χ3v) is 8.11. The summed E-state index contributed by atoms with van der Waals surface area (Å²) < 4.78 is 33.2. The highest BCUT2D eigenvalue weighted by molar-refractivity contribution is 7.92. The molecule has 4 aromatic rings. The summed E-state index contributed by atoms with van der Waals surface area (Å²) in [6.07, 6.45) is 1.38. The van der Waals surface area contributed by atoms with E-state index >= 15 is 0 Å². The van der Waals surface area contributed by atoms with Crippen LogP contribution in [0.3, 0.4) is 0 Å². The van der Waals surface area contributed by atoms with Crippen molar-refractivity contribution in [1.29, 1.82) is 0 Å². The first kappa shape index (κ1) is 29.6. The van der Waals surface area contributed by atoms with E-state index in [9.17, 15) is 18.0 Å². The molecule has 0 saturated heterocycles. The van der Waals surface area contributed by atoms with E-state index in [1.54, 1.807) is 54.6 Å². The Morgan fingerprint density at radius 3 is 2.17 bits per heavy atom. The van der Waals surface area contributed by atoms with Crippen molar-refractivity contribution < 1.29 is 22.7 Å². The summed E-state index contributed by atoms with van der Waals surface area (Å²) in [6, 6.07) is 27.9. The summed E-state index contributed by atoms with van der Waals surface area (Å²) in [6.45, 7) is -0.774. The fourth-order valence-electron chi connectivity index (χ4n) is 3.57. The lowest BCUT2D eigenvalue weighted by Gasteiger charge is -2.24. The van der Waals surface area contributed by atoms with Crippen LogP contribution < -0.4 is 19.8 Å². The number of benzene rings is 4. The lowest BCUT2D eigenvalue weighted by Crippen LogP contribution is -2.39. The number of hydrogen-bond donors (Lipinski definition) is 2. The van der Waals surface area contributed by atoms with Crippen LogP contribution in [-0.4, -0.2) is 39.6 Å². The minimum absolute atomic E-state index is 0.00942. The van der Waals surface area contributed by atoms with Crippen molar-refractivity contribution in [1.82, 2.24) is 5.43 Å². The molecule has 0 aliphatic heterocycles. The Kier molecular flexibility index (Phi) is 9.96. The van der Waals surface area contributed by atoms with Gasteiger partial charge in [0.15, 0.2) is 6.61 Å². The van der Waals surface area contributed by atoms with Crippen LogP contribution in [-0.2, 0) is 19.6 Å². The van der Waals surface area contributed by atoms with Gasteiger partial charge < -0.3 is 10.1 Å². The van der Waals surface area contributed by atoms with Gasteiger partial charge in [-0.2, -0.15) is 5.10 Å². The molecule has 0 spiro atoms. The minimum atomic E-state index is -4.16. The molecule has 0 fully saturated rings. The maximum absolute atomic E-state index is 13.4. The molecular formula is C29H24Cl2N4O5S. The number of nitrogens with one attached hydrogen (secondary N) is 2. The highest BCUT2D eigenvalue weighted by Crippen LogP contribution is 2.35. The molecule has 0 heterocycles. The minimum Gasteiger partial charge on any atom is -0.484 e. The van der Waals surface area contributed by atoms with Crippen molar-refractivity contribution in [2.45, 2.75) is 4.90 Å². The maximum atomic E-state index is 13.4. The second-order valence-corrected chi connectivity index (χ2v) is 11.1. The molecule has 0 aliphatic carbocycles. The van der Waals surface area contributed by atoms with E-state index in [1.165, 1.54) is 36.5 Å². The first-order valence-corrected chi connectivity index (χ1v) is 14.3. The van der Waals surface area contributed by atoms with Crippen LogP contribution in [0.25, 0.3) is 0 Å². The number of amides is 2. The number of ether oxygens (including phenoxy) is 1. The van der Waals surface area contributed by atoms with Crippen molar-refractivity contribution in [2.24, 2.45) is 5.10 Å². The molecule has 2 amide bonds. The maximum Gasteiger partial charge on any atom is 0.264 e. The van der Waals surface area contributed by atoms with E-state index in [0.717, 1.165) is 4.31 Å². The molecule has 210 valence electrons. The average molecular weight is 612 g/mol. The summed E-state index contributed by atoms with van der Waals surface area (Å²) >= 11 is 12.4. The number of hydrogen-bond acceptors (Lipinski definition) is 6. The number of carbonyl (C=O) groups is 2. The number of rotatable bonds is 11. The van der Waals surface area contributed by atoms with Crippen molar-refractivity contribution in [3.63, 3.8) is 0 Å². The van der Waals surface area contributed by atoms with E-state index in [2.05, 4.69) is 15.8 Å². The molecule has 41 heavy (non-hydrogen) atoms. The Hall–Kier alpha value is -4.38. The summed E-state index contributed by atoms with van der Waals surface area (Å²) in [7, 11) is -4.16. The quantitative estimate of drug-likeness (QED) is 0.175. The lowest BCUT2D eigenvalue weighted by atomic mass is 10.2. The number of carbonyl (C=O) groups excluding carboxylic acids is 2. The number of hydrazone groups is 1. The molecule has 0 aliphatic rings. The second kappa shape index (κ2) is 13.8. The van der Waals surface area contributed by atoms with E-state index in [-0.39, 0.29) is 33.1 Å². The zero-order valence-corrected chi connectivity index (χ0v) is 23.7. The first-order valence-electron chi connectivity index (χ1n) is 12.2. The Bertz CT molecular complexity index is 1640. The first-order chi connectivity index (χ1) is 19.7. The van der Waals surface area contributed by atoms with Crippen LogP contribution in [0.15, 0.2) is 113 Å². The van der Waals surface area contributed by atoms with Gasteiger partial charge >= 0.3 is 0 Å². The van der Waals surface area contributed by atoms with Crippen LogP contribution in [0.1, 0.15) is 5.56 Å². The number of para-hydroxylation sites is 1. The van der Waals surface area contributed by atoms with Crippen LogP contribution >= 0.6 is 23.2 Å². The van der Waals surface area contributed by atoms with Crippen LogP contribution in [0.2, 0.25) is 10.0 Å². The van der Waals surface area contributed by atoms with Gasteiger partial charge in [-0.15, -0.1) is 0 Å². The molecule has 4 aromatic carbocycles. The third-order valence-electron chi connectivity index (χ3n) is 5.53. The normalized spacial score (nSPS) is 11.2. The van der Waals surface area contributed by atoms with Gasteiger partial charge in [0.25, 0.3) is 21.8 Å². The molecule has 0 radical (unpaired) electrons. The van der Waals surface area contributed by atoms with Gasteiger partial charge in [0.1, 0.15) is 12.3 Å². The molecule has 12 heteroatoms. The standard InChI is InChI=1S/C29H24Cl2N4O5S/c30-25-12-7-13-26(29(25)31)35(41(38,39)24-10-5-2-6-11-24)19-27(36)34-32-18-21-14-16-23(17-15-21)40-20-28(37)33-22-8-3-1-4-9-22/h1-18H,19-20H2,(H,33,37)(H,34,36)/b32-18-. The van der Waals surface area contributed by atoms with E-state index < -0.39 is 22.5 Å². The molecule has 0 atom stereocenters. The number of anilines is 2. The monoisotopic (exact) mass is 610 g/mol. The molecule has 4 rings (SSSR count). The molecule has 0 aromatic heterocycles. The van der Waals surface area contributed by atoms with Crippen LogP contribution in [0.4, 0.5) is 11.4 Å².